The Morgan fingerprint density at radius 1 is 1.04 bits per heavy atom. The lowest BCUT2D eigenvalue weighted by Gasteiger charge is -2.29. The van der Waals surface area contributed by atoms with Gasteiger partial charge in [0.25, 0.3) is 11.8 Å². The number of anilines is 1. The van der Waals surface area contributed by atoms with Gasteiger partial charge in [0, 0.05) is 5.02 Å². The molecule has 0 saturated carbocycles. The lowest BCUT2D eigenvalue weighted by atomic mass is 10.1. The molecule has 0 atom stereocenters. The predicted octanol–water partition coefficient (Wildman–Crippen LogP) is 3.19. The van der Waals surface area contributed by atoms with E-state index in [1.54, 1.807) is 42.5 Å². The second-order valence-corrected chi connectivity index (χ2v) is 6.33. The molecule has 138 valence electrons. The predicted molar refractivity (Wildman–Crippen MR) is 107 cm³/mol. The number of nitrogens with zero attached hydrogens (tertiary/aromatic N) is 1. The third-order valence-electron chi connectivity index (χ3n) is 3.94. The van der Waals surface area contributed by atoms with Gasteiger partial charge in [-0.2, -0.15) is 0 Å². The lowest BCUT2D eigenvalue weighted by Crippen LogP contribution is -2.54. The first-order chi connectivity index (χ1) is 13.0. The molecule has 0 aliphatic carbocycles. The van der Waals surface area contributed by atoms with E-state index in [0.29, 0.717) is 27.8 Å². The molecule has 0 bridgehead atoms. The summed E-state index contributed by atoms with van der Waals surface area (Å²) in [4.78, 5) is 26.7. The number of thiocarbonyl (C=S) groups is 1. The van der Waals surface area contributed by atoms with Crippen LogP contribution in [0.4, 0.5) is 5.69 Å². The Hall–Kier alpha value is -2.90. The summed E-state index contributed by atoms with van der Waals surface area (Å²) in [7, 11) is 2.99. The van der Waals surface area contributed by atoms with E-state index in [-0.39, 0.29) is 10.7 Å². The molecule has 1 aliphatic rings. The van der Waals surface area contributed by atoms with E-state index in [1.165, 1.54) is 25.2 Å². The molecule has 1 N–H and O–H groups in total. The van der Waals surface area contributed by atoms with Crippen LogP contribution in [0.25, 0.3) is 6.08 Å². The summed E-state index contributed by atoms with van der Waals surface area (Å²) in [5, 5.41) is 3.05. The molecule has 1 heterocycles. The molecule has 1 aliphatic heterocycles. The number of rotatable bonds is 4. The van der Waals surface area contributed by atoms with Crippen LogP contribution in [0, 0.1) is 0 Å². The average Bonchev–Trinajstić information content (AvgIpc) is 2.66. The normalized spacial score (nSPS) is 15.7. The highest BCUT2D eigenvalue weighted by Gasteiger charge is 2.35. The number of ether oxygens (including phenoxy) is 2. The summed E-state index contributed by atoms with van der Waals surface area (Å²) in [6.45, 7) is 0. The van der Waals surface area contributed by atoms with Crippen molar-refractivity contribution in [3.63, 3.8) is 0 Å². The third-order valence-corrected chi connectivity index (χ3v) is 4.48. The van der Waals surface area contributed by atoms with E-state index >= 15 is 0 Å². The fourth-order valence-electron chi connectivity index (χ4n) is 2.65. The Kier molecular flexibility index (Phi) is 5.43. The van der Waals surface area contributed by atoms with Crippen molar-refractivity contribution in [2.45, 2.75) is 0 Å². The smallest absolute Gasteiger partial charge is 0.270 e. The van der Waals surface area contributed by atoms with E-state index in [0.717, 1.165) is 0 Å². The maximum absolute atomic E-state index is 13.0. The van der Waals surface area contributed by atoms with Crippen LogP contribution >= 0.6 is 23.8 Å². The van der Waals surface area contributed by atoms with Crippen LogP contribution in [0.15, 0.2) is 48.0 Å². The van der Waals surface area contributed by atoms with Gasteiger partial charge in [-0.1, -0.05) is 17.7 Å². The number of hydrogen-bond acceptors (Lipinski definition) is 5. The van der Waals surface area contributed by atoms with E-state index < -0.39 is 11.8 Å². The van der Waals surface area contributed by atoms with Gasteiger partial charge in [-0.25, -0.2) is 0 Å². The first kappa shape index (κ1) is 18.9. The van der Waals surface area contributed by atoms with E-state index in [2.05, 4.69) is 5.32 Å². The Morgan fingerprint density at radius 2 is 1.63 bits per heavy atom. The monoisotopic (exact) mass is 402 g/mol. The standard InChI is InChI=1S/C19H15ClN2O4S/c1-25-15-4-3-5-16(26-2)13(15)10-14-17(23)21-19(27)22(18(14)24)12-8-6-11(20)7-9-12/h3-10H,1-2H3,(H,21,23,27)/b14-10-. The van der Waals surface area contributed by atoms with Crippen LogP contribution < -0.4 is 19.7 Å². The summed E-state index contributed by atoms with van der Waals surface area (Å²) in [5.74, 6) is -0.218. The second kappa shape index (κ2) is 7.77. The van der Waals surface area contributed by atoms with Crippen molar-refractivity contribution in [3.05, 3.63) is 58.6 Å². The van der Waals surface area contributed by atoms with Gasteiger partial charge in [-0.05, 0) is 54.7 Å². The Balaban J connectivity index is 2.09. The van der Waals surface area contributed by atoms with Crippen molar-refractivity contribution >= 4 is 52.5 Å². The second-order valence-electron chi connectivity index (χ2n) is 5.51. The molecule has 0 spiro atoms. The molecule has 0 radical (unpaired) electrons. The number of nitrogens with one attached hydrogen (secondary N) is 1. The quantitative estimate of drug-likeness (QED) is 0.483. The summed E-state index contributed by atoms with van der Waals surface area (Å²) in [5.41, 5.74) is 0.874. The molecule has 2 aromatic carbocycles. The van der Waals surface area contributed by atoms with Crippen molar-refractivity contribution in [2.24, 2.45) is 0 Å². The summed E-state index contributed by atoms with van der Waals surface area (Å²) in [6.07, 6.45) is 1.43. The van der Waals surface area contributed by atoms with Gasteiger partial charge in [0.15, 0.2) is 5.11 Å². The van der Waals surface area contributed by atoms with Crippen molar-refractivity contribution < 1.29 is 19.1 Å². The average molecular weight is 403 g/mol. The van der Waals surface area contributed by atoms with E-state index in [4.69, 9.17) is 33.3 Å². The molecule has 1 fully saturated rings. The topological polar surface area (TPSA) is 67.9 Å². The van der Waals surface area contributed by atoms with Crippen molar-refractivity contribution in [1.82, 2.24) is 5.32 Å². The van der Waals surface area contributed by atoms with Crippen LogP contribution in [-0.2, 0) is 9.59 Å². The number of halogens is 1. The first-order valence-electron chi connectivity index (χ1n) is 7.84. The zero-order valence-corrected chi connectivity index (χ0v) is 16.1. The zero-order valence-electron chi connectivity index (χ0n) is 14.5. The number of carbonyl (C=O) groups excluding carboxylic acids is 2. The minimum atomic E-state index is -0.594. The van der Waals surface area contributed by atoms with Gasteiger partial charge in [0.1, 0.15) is 17.1 Å². The van der Waals surface area contributed by atoms with Crippen LogP contribution in [0.3, 0.4) is 0 Å². The number of methoxy groups -OCH3 is 2. The van der Waals surface area contributed by atoms with Gasteiger partial charge in [-0.15, -0.1) is 0 Å². The van der Waals surface area contributed by atoms with Crippen molar-refractivity contribution in [1.29, 1.82) is 0 Å². The number of carbonyl (C=O) groups is 2. The lowest BCUT2D eigenvalue weighted by molar-refractivity contribution is -0.122. The third kappa shape index (κ3) is 3.65. The van der Waals surface area contributed by atoms with E-state index in [1.807, 2.05) is 0 Å². The first-order valence-corrected chi connectivity index (χ1v) is 8.63. The van der Waals surface area contributed by atoms with Gasteiger partial charge in [-0.3, -0.25) is 19.8 Å². The summed E-state index contributed by atoms with van der Waals surface area (Å²) < 4.78 is 10.6. The highest BCUT2D eigenvalue weighted by molar-refractivity contribution is 7.80. The molecule has 27 heavy (non-hydrogen) atoms. The van der Waals surface area contributed by atoms with Gasteiger partial charge in [0.2, 0.25) is 0 Å². The van der Waals surface area contributed by atoms with Gasteiger partial charge in [0.05, 0.1) is 25.5 Å². The minimum Gasteiger partial charge on any atom is -0.496 e. The number of amides is 2. The van der Waals surface area contributed by atoms with Gasteiger partial charge >= 0.3 is 0 Å². The SMILES string of the molecule is COc1cccc(OC)c1/C=C1/C(=O)NC(=S)N(c2ccc(Cl)cc2)C1=O. The Morgan fingerprint density at radius 3 is 2.19 bits per heavy atom. The molecule has 2 aromatic rings. The highest BCUT2D eigenvalue weighted by atomic mass is 35.5. The molecule has 1 saturated heterocycles. The molecule has 0 aromatic heterocycles. The van der Waals surface area contributed by atoms with Crippen LogP contribution in [-0.4, -0.2) is 31.1 Å². The molecular formula is C19H15ClN2O4S. The largest absolute Gasteiger partial charge is 0.496 e. The van der Waals surface area contributed by atoms with Crippen LogP contribution in [0.2, 0.25) is 5.02 Å². The fourth-order valence-corrected chi connectivity index (χ4v) is 3.06. The molecule has 8 heteroatoms. The zero-order chi connectivity index (χ0) is 19.6. The molecular weight excluding hydrogens is 388 g/mol. The van der Waals surface area contributed by atoms with Crippen LogP contribution in [0.5, 0.6) is 11.5 Å². The highest BCUT2D eigenvalue weighted by Crippen LogP contribution is 2.32. The Labute approximate surface area is 166 Å². The summed E-state index contributed by atoms with van der Waals surface area (Å²) in [6, 6.07) is 11.7. The maximum atomic E-state index is 13.0. The molecule has 3 rings (SSSR count). The molecule has 0 unspecified atom stereocenters. The van der Waals surface area contributed by atoms with Crippen molar-refractivity contribution in [3.8, 4) is 11.5 Å². The fraction of sp³-hybridized carbons (Fsp3) is 0.105. The number of hydrogen-bond donors (Lipinski definition) is 1. The summed E-state index contributed by atoms with van der Waals surface area (Å²) >= 11 is 11.1. The van der Waals surface area contributed by atoms with Crippen molar-refractivity contribution in [2.75, 3.05) is 19.1 Å². The molecule has 6 nitrogen and oxygen atoms in total. The van der Waals surface area contributed by atoms with E-state index in [9.17, 15) is 9.59 Å². The minimum absolute atomic E-state index is 0.00327. The number of benzene rings is 2. The Bertz CT molecular complexity index is 934. The molecule has 2 amide bonds. The van der Waals surface area contributed by atoms with Gasteiger partial charge < -0.3 is 9.47 Å². The van der Waals surface area contributed by atoms with Crippen LogP contribution in [0.1, 0.15) is 5.56 Å². The maximum Gasteiger partial charge on any atom is 0.270 e.